The summed E-state index contributed by atoms with van der Waals surface area (Å²) in [6.07, 6.45) is 3.60. The average molecular weight is 261 g/mol. The van der Waals surface area contributed by atoms with E-state index in [0.29, 0.717) is 6.04 Å². The van der Waals surface area contributed by atoms with Crippen LogP contribution < -0.4 is 5.32 Å². The number of rotatable bonds is 5. The van der Waals surface area contributed by atoms with E-state index >= 15 is 0 Å². The number of hydrogen-bond acceptors (Lipinski definition) is 4. The lowest BCUT2D eigenvalue weighted by molar-refractivity contribution is 0.791. The predicted molar refractivity (Wildman–Crippen MR) is 77.3 cm³/mol. The minimum atomic E-state index is 0.377. The van der Waals surface area contributed by atoms with Gasteiger partial charge in [-0.2, -0.15) is 0 Å². The fraction of sp³-hybridized carbons (Fsp3) is 0.429. The van der Waals surface area contributed by atoms with Gasteiger partial charge in [0.2, 0.25) is 0 Å². The van der Waals surface area contributed by atoms with Gasteiger partial charge in [-0.1, -0.05) is 6.92 Å². The zero-order chi connectivity index (χ0) is 13.0. The van der Waals surface area contributed by atoms with Gasteiger partial charge < -0.3 is 5.32 Å². The Bertz CT molecular complexity index is 507. The Labute approximate surface area is 112 Å². The van der Waals surface area contributed by atoms with Gasteiger partial charge in [0.15, 0.2) is 0 Å². The van der Waals surface area contributed by atoms with E-state index in [1.54, 1.807) is 6.33 Å². The van der Waals surface area contributed by atoms with Crippen LogP contribution in [-0.4, -0.2) is 16.0 Å². The second-order valence-electron chi connectivity index (χ2n) is 4.51. The first-order chi connectivity index (χ1) is 8.67. The molecule has 0 saturated carbocycles. The van der Waals surface area contributed by atoms with Crippen LogP contribution in [0.4, 0.5) is 5.82 Å². The van der Waals surface area contributed by atoms with Gasteiger partial charge >= 0.3 is 0 Å². The third-order valence-corrected chi connectivity index (χ3v) is 3.81. The van der Waals surface area contributed by atoms with Crippen molar-refractivity contribution in [1.82, 2.24) is 9.97 Å². The zero-order valence-corrected chi connectivity index (χ0v) is 11.9. The van der Waals surface area contributed by atoms with Gasteiger partial charge in [0.05, 0.1) is 0 Å². The van der Waals surface area contributed by atoms with Crippen LogP contribution in [0.5, 0.6) is 0 Å². The van der Waals surface area contributed by atoms with Crippen molar-refractivity contribution < 1.29 is 0 Å². The topological polar surface area (TPSA) is 37.8 Å². The van der Waals surface area contributed by atoms with Crippen molar-refractivity contribution in [1.29, 1.82) is 0 Å². The lowest BCUT2D eigenvalue weighted by Gasteiger charge is -2.13. The second-order valence-corrected chi connectivity index (χ2v) is 5.88. The molecule has 4 heteroatoms. The van der Waals surface area contributed by atoms with Gasteiger partial charge in [0, 0.05) is 34.0 Å². The highest BCUT2D eigenvalue weighted by Crippen LogP contribution is 2.18. The van der Waals surface area contributed by atoms with Crippen molar-refractivity contribution in [2.45, 2.75) is 39.7 Å². The van der Waals surface area contributed by atoms with Crippen molar-refractivity contribution in [2.75, 3.05) is 5.32 Å². The van der Waals surface area contributed by atoms with E-state index in [1.807, 2.05) is 17.4 Å². The summed E-state index contributed by atoms with van der Waals surface area (Å²) in [6.45, 7) is 6.43. The van der Waals surface area contributed by atoms with Crippen LogP contribution in [0.15, 0.2) is 24.5 Å². The van der Waals surface area contributed by atoms with Gasteiger partial charge in [-0.25, -0.2) is 9.97 Å². The lowest BCUT2D eigenvalue weighted by Crippen LogP contribution is -2.18. The molecule has 2 aromatic rings. The Morgan fingerprint density at radius 2 is 2.17 bits per heavy atom. The molecule has 0 fully saturated rings. The maximum atomic E-state index is 4.26. The average Bonchev–Trinajstić information content (AvgIpc) is 2.74. The molecule has 18 heavy (non-hydrogen) atoms. The normalized spacial score (nSPS) is 12.4. The number of aryl methyl sites for hydroxylation is 2. The number of anilines is 1. The smallest absolute Gasteiger partial charge is 0.129 e. The largest absolute Gasteiger partial charge is 0.367 e. The van der Waals surface area contributed by atoms with Gasteiger partial charge in [0.25, 0.3) is 0 Å². The summed E-state index contributed by atoms with van der Waals surface area (Å²) in [6, 6.07) is 6.78. The molecule has 0 saturated heterocycles. The molecular formula is C14H19N3S. The molecule has 0 aliphatic carbocycles. The minimum absolute atomic E-state index is 0.377. The van der Waals surface area contributed by atoms with Crippen LogP contribution in [-0.2, 0) is 12.8 Å². The quantitative estimate of drug-likeness (QED) is 0.895. The Morgan fingerprint density at radius 1 is 1.33 bits per heavy atom. The third-order valence-electron chi connectivity index (χ3n) is 2.78. The predicted octanol–water partition coefficient (Wildman–Crippen LogP) is 3.45. The van der Waals surface area contributed by atoms with Crippen LogP contribution in [0, 0.1) is 6.92 Å². The van der Waals surface area contributed by atoms with E-state index in [1.165, 1.54) is 9.75 Å². The molecule has 2 rings (SSSR count). The summed E-state index contributed by atoms with van der Waals surface area (Å²) < 4.78 is 0. The fourth-order valence-corrected chi connectivity index (χ4v) is 2.89. The molecule has 1 atom stereocenters. The Morgan fingerprint density at radius 3 is 2.83 bits per heavy atom. The van der Waals surface area contributed by atoms with Gasteiger partial charge in [-0.15, -0.1) is 11.3 Å². The summed E-state index contributed by atoms with van der Waals surface area (Å²) >= 11 is 1.86. The molecule has 96 valence electrons. The molecule has 0 aliphatic heterocycles. The molecule has 1 unspecified atom stereocenters. The molecule has 0 spiro atoms. The van der Waals surface area contributed by atoms with Crippen LogP contribution in [0.1, 0.15) is 29.3 Å². The van der Waals surface area contributed by atoms with Gasteiger partial charge in [0.1, 0.15) is 12.1 Å². The molecule has 0 bridgehead atoms. The molecule has 0 aliphatic rings. The standard InChI is InChI=1S/C14H19N3S/c1-4-12-8-14(16-9-15-12)17-10(2)7-13-6-5-11(3)18-13/h5-6,8-10H,4,7H2,1-3H3,(H,15,16,17). The van der Waals surface area contributed by atoms with E-state index < -0.39 is 0 Å². The van der Waals surface area contributed by atoms with Gasteiger partial charge in [-0.05, 0) is 32.4 Å². The Balaban J connectivity index is 1.96. The summed E-state index contributed by atoms with van der Waals surface area (Å²) in [5.41, 5.74) is 1.08. The molecule has 3 nitrogen and oxygen atoms in total. The monoisotopic (exact) mass is 261 g/mol. The fourth-order valence-electron chi connectivity index (χ4n) is 1.87. The third kappa shape index (κ3) is 3.53. The molecule has 1 N–H and O–H groups in total. The summed E-state index contributed by atoms with van der Waals surface area (Å²) in [5.74, 6) is 0.919. The minimum Gasteiger partial charge on any atom is -0.367 e. The highest BCUT2D eigenvalue weighted by atomic mass is 32.1. The van der Waals surface area contributed by atoms with Crippen molar-refractivity contribution >= 4 is 17.2 Å². The molecule has 0 amide bonds. The zero-order valence-electron chi connectivity index (χ0n) is 11.1. The maximum absolute atomic E-state index is 4.26. The molecular weight excluding hydrogens is 242 g/mol. The number of hydrogen-bond donors (Lipinski definition) is 1. The summed E-state index contributed by atoms with van der Waals surface area (Å²) in [4.78, 5) is 11.2. The highest BCUT2D eigenvalue weighted by molar-refractivity contribution is 7.11. The number of thiophene rings is 1. The van der Waals surface area contributed by atoms with E-state index in [2.05, 4.69) is 48.2 Å². The lowest BCUT2D eigenvalue weighted by atomic mass is 10.2. The summed E-state index contributed by atoms with van der Waals surface area (Å²) in [5, 5.41) is 3.43. The first-order valence-corrected chi connectivity index (χ1v) is 7.11. The second kappa shape index (κ2) is 5.96. The SMILES string of the molecule is CCc1cc(NC(C)Cc2ccc(C)s2)ncn1. The van der Waals surface area contributed by atoms with Crippen molar-refractivity contribution in [3.05, 3.63) is 40.0 Å². The molecule has 0 radical (unpaired) electrons. The van der Waals surface area contributed by atoms with E-state index in [9.17, 15) is 0 Å². The maximum Gasteiger partial charge on any atom is 0.129 e. The van der Waals surface area contributed by atoms with Crippen LogP contribution in [0.2, 0.25) is 0 Å². The molecule has 0 aromatic carbocycles. The van der Waals surface area contributed by atoms with Crippen molar-refractivity contribution in [3.63, 3.8) is 0 Å². The number of nitrogens with one attached hydrogen (secondary N) is 1. The van der Waals surface area contributed by atoms with Gasteiger partial charge in [-0.3, -0.25) is 0 Å². The first kappa shape index (κ1) is 13.0. The van der Waals surface area contributed by atoms with Crippen molar-refractivity contribution in [2.24, 2.45) is 0 Å². The number of nitrogens with zero attached hydrogens (tertiary/aromatic N) is 2. The Kier molecular flexibility index (Phi) is 4.31. The van der Waals surface area contributed by atoms with E-state index in [-0.39, 0.29) is 0 Å². The molecule has 2 aromatic heterocycles. The van der Waals surface area contributed by atoms with Crippen LogP contribution >= 0.6 is 11.3 Å². The van der Waals surface area contributed by atoms with E-state index in [4.69, 9.17) is 0 Å². The number of aromatic nitrogens is 2. The molecule has 2 heterocycles. The Hall–Kier alpha value is -1.42. The summed E-state index contributed by atoms with van der Waals surface area (Å²) in [7, 11) is 0. The first-order valence-electron chi connectivity index (χ1n) is 6.30. The van der Waals surface area contributed by atoms with Crippen LogP contribution in [0.3, 0.4) is 0 Å². The van der Waals surface area contributed by atoms with Crippen molar-refractivity contribution in [3.8, 4) is 0 Å². The van der Waals surface area contributed by atoms with Crippen LogP contribution in [0.25, 0.3) is 0 Å². The van der Waals surface area contributed by atoms with E-state index in [0.717, 1.165) is 24.4 Å². The highest BCUT2D eigenvalue weighted by Gasteiger charge is 2.06.